The van der Waals surface area contributed by atoms with E-state index in [1.807, 2.05) is 18.7 Å². The van der Waals surface area contributed by atoms with Crippen molar-refractivity contribution in [3.63, 3.8) is 0 Å². The number of alkyl halides is 9. The third-order valence-corrected chi connectivity index (χ3v) is 7.93. The summed E-state index contributed by atoms with van der Waals surface area (Å²) in [6.45, 7) is 6.98. The fraction of sp³-hybridized carbons (Fsp3) is 0.567. The normalized spacial score (nSPS) is 21.5. The summed E-state index contributed by atoms with van der Waals surface area (Å²) in [5, 5.41) is 0. The third kappa shape index (κ3) is 10.5. The van der Waals surface area contributed by atoms with Gasteiger partial charge in [0.25, 0.3) is 5.91 Å². The minimum atomic E-state index is -5.14. The zero-order chi connectivity index (χ0) is 33.3. The number of piperazine rings is 1. The molecule has 6 nitrogen and oxygen atoms in total. The topological polar surface area (TPSA) is 45.2 Å². The lowest BCUT2D eigenvalue weighted by Gasteiger charge is -2.43. The molecule has 1 amide bonds. The lowest BCUT2D eigenvalue weighted by Crippen LogP contribution is -2.57. The summed E-state index contributed by atoms with van der Waals surface area (Å²) in [4.78, 5) is 19.1. The number of amides is 1. The first-order valence-electron chi connectivity index (χ1n) is 14.3. The lowest BCUT2D eigenvalue weighted by molar-refractivity contribution is -0.143. The molecule has 17 heteroatoms. The van der Waals surface area contributed by atoms with Crippen molar-refractivity contribution in [2.75, 3.05) is 52.9 Å². The zero-order valence-corrected chi connectivity index (χ0v) is 27.3. The van der Waals surface area contributed by atoms with Crippen LogP contribution in [0.5, 0.6) is 5.75 Å². The zero-order valence-electron chi connectivity index (χ0n) is 25.6. The predicted molar refractivity (Wildman–Crippen MR) is 160 cm³/mol. The Labute approximate surface area is 279 Å². The van der Waals surface area contributed by atoms with E-state index in [0.717, 1.165) is 13.2 Å². The Balaban J connectivity index is 0.00000384. The van der Waals surface area contributed by atoms with Gasteiger partial charge in [-0.15, -0.1) is 24.8 Å². The quantitative estimate of drug-likeness (QED) is 0.286. The van der Waals surface area contributed by atoms with Crippen LogP contribution in [0.1, 0.15) is 46.5 Å². The largest absolute Gasteiger partial charge is 0.496 e. The molecule has 2 fully saturated rings. The van der Waals surface area contributed by atoms with E-state index in [1.54, 1.807) is 0 Å². The Hall–Kier alpha value is -2.46. The van der Waals surface area contributed by atoms with E-state index in [0.29, 0.717) is 50.4 Å². The highest BCUT2D eigenvalue weighted by atomic mass is 35.5. The van der Waals surface area contributed by atoms with Crippen LogP contribution in [0.4, 0.5) is 39.5 Å². The predicted octanol–water partition coefficient (Wildman–Crippen LogP) is 7.07. The monoisotopic (exact) mass is 727 g/mol. The molecule has 0 aromatic heterocycles. The number of rotatable bonds is 7. The van der Waals surface area contributed by atoms with E-state index in [9.17, 15) is 44.3 Å². The van der Waals surface area contributed by atoms with E-state index in [1.165, 1.54) is 17.0 Å². The van der Waals surface area contributed by atoms with Crippen molar-refractivity contribution >= 4 is 30.7 Å². The molecule has 2 heterocycles. The molecular formula is C30H36Cl2F9N3O3. The van der Waals surface area contributed by atoms with Gasteiger partial charge in [0.15, 0.2) is 0 Å². The van der Waals surface area contributed by atoms with Crippen LogP contribution in [0.25, 0.3) is 0 Å². The molecule has 4 rings (SSSR count). The number of ether oxygens (including phenoxy) is 2. The van der Waals surface area contributed by atoms with E-state index in [4.69, 9.17) is 9.47 Å². The Morgan fingerprint density at radius 1 is 0.787 bits per heavy atom. The van der Waals surface area contributed by atoms with Crippen LogP contribution >= 0.6 is 24.8 Å². The second kappa shape index (κ2) is 15.8. The summed E-state index contributed by atoms with van der Waals surface area (Å²) in [7, 11) is 1.08. The molecule has 266 valence electrons. The first-order chi connectivity index (χ1) is 20.8. The van der Waals surface area contributed by atoms with Crippen molar-refractivity contribution in [3.05, 3.63) is 64.2 Å². The number of morpholine rings is 1. The summed E-state index contributed by atoms with van der Waals surface area (Å²) in [6, 6.07) is 3.19. The van der Waals surface area contributed by atoms with Crippen LogP contribution in [0, 0.1) is 0 Å². The third-order valence-electron chi connectivity index (χ3n) is 7.93. The average molecular weight is 729 g/mol. The van der Waals surface area contributed by atoms with Gasteiger partial charge >= 0.3 is 18.5 Å². The number of benzene rings is 2. The highest BCUT2D eigenvalue weighted by Crippen LogP contribution is 2.38. The number of hydrogen-bond donors (Lipinski definition) is 0. The fourth-order valence-electron chi connectivity index (χ4n) is 5.93. The highest BCUT2D eigenvalue weighted by molar-refractivity contribution is 5.95. The average Bonchev–Trinajstić information content (AvgIpc) is 2.93. The minimum Gasteiger partial charge on any atom is -0.496 e. The maximum atomic E-state index is 13.6. The Morgan fingerprint density at radius 2 is 1.34 bits per heavy atom. The fourth-order valence-corrected chi connectivity index (χ4v) is 5.93. The van der Waals surface area contributed by atoms with Gasteiger partial charge in [-0.3, -0.25) is 14.6 Å². The molecule has 0 spiro atoms. The molecule has 0 aliphatic carbocycles. The summed E-state index contributed by atoms with van der Waals surface area (Å²) >= 11 is 0. The van der Waals surface area contributed by atoms with Gasteiger partial charge in [0.1, 0.15) is 5.75 Å². The molecule has 2 aliphatic heterocycles. The van der Waals surface area contributed by atoms with E-state index >= 15 is 0 Å². The van der Waals surface area contributed by atoms with E-state index < -0.39 is 58.5 Å². The molecule has 3 atom stereocenters. The van der Waals surface area contributed by atoms with Gasteiger partial charge in [-0.1, -0.05) is 6.07 Å². The summed E-state index contributed by atoms with van der Waals surface area (Å²) in [5.74, 6) is -1.49. The second-order valence-corrected chi connectivity index (χ2v) is 11.5. The van der Waals surface area contributed by atoms with Crippen LogP contribution in [-0.4, -0.2) is 91.8 Å². The number of carbonyl (C=O) groups excluding carboxylic acids is 1. The SMILES string of the molecule is COc1cc(C[C@@H]2CN(CCN3C[C@@H](C)O[C@@H](C)C3)CCN2C(=O)c2cc(C(F)(F)F)cc(C(F)(F)F)c2)ccc1C(F)(F)F.Cl.Cl. The molecule has 0 saturated carbocycles. The van der Waals surface area contributed by atoms with Crippen molar-refractivity contribution in [2.45, 2.75) is 57.0 Å². The molecule has 0 unspecified atom stereocenters. The minimum absolute atomic E-state index is 0. The summed E-state index contributed by atoms with van der Waals surface area (Å²) in [6.07, 6.45) is -14.9. The Morgan fingerprint density at radius 3 is 1.85 bits per heavy atom. The number of nitrogens with zero attached hydrogens (tertiary/aromatic N) is 3. The van der Waals surface area contributed by atoms with Crippen LogP contribution in [0.2, 0.25) is 0 Å². The number of hydrogen-bond acceptors (Lipinski definition) is 5. The van der Waals surface area contributed by atoms with E-state index in [2.05, 4.69) is 4.90 Å². The Kier molecular flexibility index (Phi) is 13.7. The number of methoxy groups -OCH3 is 1. The van der Waals surface area contributed by atoms with Crippen molar-refractivity contribution in [1.82, 2.24) is 14.7 Å². The maximum absolute atomic E-state index is 13.6. The molecule has 47 heavy (non-hydrogen) atoms. The first-order valence-corrected chi connectivity index (χ1v) is 14.3. The van der Waals surface area contributed by atoms with Crippen molar-refractivity contribution < 1.29 is 53.8 Å². The smallest absolute Gasteiger partial charge is 0.419 e. The van der Waals surface area contributed by atoms with Gasteiger partial charge in [-0.2, -0.15) is 39.5 Å². The van der Waals surface area contributed by atoms with Gasteiger partial charge in [0, 0.05) is 57.4 Å². The second-order valence-electron chi connectivity index (χ2n) is 11.5. The van der Waals surface area contributed by atoms with Crippen LogP contribution in [0.3, 0.4) is 0 Å². The standard InChI is InChI=1S/C30H34F9N3O3.2ClH/c1-18-15-41(16-19(2)45-18)7-6-40-8-9-42(24(17-40)10-20-4-5-25(30(37,38)39)26(11-20)44-3)27(43)21-12-22(28(31,32)33)14-23(13-21)29(34,35)36;;/h4-5,11-14,18-19,24H,6-10,15-17H2,1-3H3;2*1H/t18-,19+,24-;;/m1../s1. The molecule has 0 bridgehead atoms. The number of halogens is 11. The van der Waals surface area contributed by atoms with Crippen molar-refractivity contribution in [2.24, 2.45) is 0 Å². The maximum Gasteiger partial charge on any atom is 0.419 e. The van der Waals surface area contributed by atoms with Gasteiger partial charge < -0.3 is 14.4 Å². The molecule has 2 aliphatic rings. The molecular weight excluding hydrogens is 692 g/mol. The van der Waals surface area contributed by atoms with Crippen LogP contribution in [0.15, 0.2) is 36.4 Å². The van der Waals surface area contributed by atoms with Gasteiger partial charge in [-0.25, -0.2) is 0 Å². The molecule has 2 aromatic carbocycles. The van der Waals surface area contributed by atoms with Crippen molar-refractivity contribution in [1.29, 1.82) is 0 Å². The van der Waals surface area contributed by atoms with Crippen LogP contribution < -0.4 is 4.74 Å². The van der Waals surface area contributed by atoms with E-state index in [-0.39, 0.29) is 62.6 Å². The molecule has 2 aromatic rings. The molecule has 0 N–H and O–H groups in total. The number of carbonyl (C=O) groups is 1. The molecule has 2 saturated heterocycles. The summed E-state index contributed by atoms with van der Waals surface area (Å²) in [5.41, 5.74) is -4.67. The van der Waals surface area contributed by atoms with Crippen LogP contribution in [-0.2, 0) is 29.7 Å². The summed E-state index contributed by atoms with van der Waals surface area (Å²) < 4.78 is 132. The van der Waals surface area contributed by atoms with Gasteiger partial charge in [0.05, 0.1) is 36.0 Å². The molecule has 0 radical (unpaired) electrons. The van der Waals surface area contributed by atoms with Gasteiger partial charge in [0.2, 0.25) is 0 Å². The van der Waals surface area contributed by atoms with Crippen molar-refractivity contribution in [3.8, 4) is 5.75 Å². The van der Waals surface area contributed by atoms with Gasteiger partial charge in [-0.05, 0) is 56.2 Å². The first kappa shape index (κ1) is 40.7. The Bertz CT molecular complexity index is 1320. The lowest BCUT2D eigenvalue weighted by atomic mass is 9.98. The highest BCUT2D eigenvalue weighted by Gasteiger charge is 2.40.